The summed E-state index contributed by atoms with van der Waals surface area (Å²) in [6, 6.07) is 0. The summed E-state index contributed by atoms with van der Waals surface area (Å²) in [5, 5.41) is 0. The molecule has 1 aliphatic rings. The normalized spacial score (nSPS) is 12.4. The molecule has 10 heavy (non-hydrogen) atoms. The topological polar surface area (TPSA) is 0 Å². The molecule has 0 radical (unpaired) electrons. The van der Waals surface area contributed by atoms with Gasteiger partial charge in [-0.1, -0.05) is 47.1 Å². The SMILES string of the molecule is C.C=CC.CC.CC1CC1. The van der Waals surface area contributed by atoms with E-state index in [1.165, 1.54) is 12.8 Å². The monoisotopic (exact) mass is 144 g/mol. The van der Waals surface area contributed by atoms with Crippen LogP contribution in [0.15, 0.2) is 12.7 Å². The van der Waals surface area contributed by atoms with Crippen LogP contribution >= 0.6 is 0 Å². The summed E-state index contributed by atoms with van der Waals surface area (Å²) in [4.78, 5) is 0. The van der Waals surface area contributed by atoms with E-state index in [1.54, 1.807) is 6.08 Å². The third kappa shape index (κ3) is 46.8. The van der Waals surface area contributed by atoms with E-state index < -0.39 is 0 Å². The largest absolute Gasteiger partial charge is 0.103 e. The molecule has 0 aromatic rings. The Balaban J connectivity index is -0.0000000754. The van der Waals surface area contributed by atoms with E-state index in [1.807, 2.05) is 20.8 Å². The summed E-state index contributed by atoms with van der Waals surface area (Å²) >= 11 is 0. The molecule has 0 N–H and O–H groups in total. The number of hydrogen-bond acceptors (Lipinski definition) is 0. The lowest BCUT2D eigenvalue weighted by Crippen LogP contribution is -1.42. The second-order valence-electron chi connectivity index (χ2n) is 2.09. The van der Waals surface area contributed by atoms with Crippen molar-refractivity contribution in [1.82, 2.24) is 0 Å². The Morgan fingerprint density at radius 3 is 1.40 bits per heavy atom. The van der Waals surface area contributed by atoms with Crippen LogP contribution in [0.4, 0.5) is 0 Å². The van der Waals surface area contributed by atoms with Crippen molar-refractivity contribution in [2.45, 2.75) is 48.0 Å². The highest BCUT2D eigenvalue weighted by Crippen LogP contribution is 2.26. The quantitative estimate of drug-likeness (QED) is 0.445. The van der Waals surface area contributed by atoms with Crippen LogP contribution < -0.4 is 0 Å². The number of hydrogen-bond donors (Lipinski definition) is 0. The van der Waals surface area contributed by atoms with Crippen LogP contribution in [-0.4, -0.2) is 0 Å². The first-order chi connectivity index (χ1) is 4.31. The molecule has 1 fully saturated rings. The van der Waals surface area contributed by atoms with Gasteiger partial charge in [-0.05, 0) is 12.8 Å². The molecule has 0 saturated heterocycles. The predicted octanol–water partition coefficient (Wildman–Crippen LogP) is 4.27. The molecule has 0 heterocycles. The zero-order valence-electron chi connectivity index (χ0n) is 7.28. The molecule has 0 bridgehead atoms. The lowest BCUT2D eigenvalue weighted by atomic mass is 10.5. The van der Waals surface area contributed by atoms with Gasteiger partial charge in [0.2, 0.25) is 0 Å². The molecular weight excluding hydrogens is 120 g/mol. The van der Waals surface area contributed by atoms with Gasteiger partial charge in [0, 0.05) is 0 Å². The van der Waals surface area contributed by atoms with Gasteiger partial charge in [0.15, 0.2) is 0 Å². The van der Waals surface area contributed by atoms with Crippen molar-refractivity contribution < 1.29 is 0 Å². The van der Waals surface area contributed by atoms with Crippen molar-refractivity contribution in [2.24, 2.45) is 5.92 Å². The summed E-state index contributed by atoms with van der Waals surface area (Å²) < 4.78 is 0. The van der Waals surface area contributed by atoms with Gasteiger partial charge in [-0.2, -0.15) is 0 Å². The zero-order chi connectivity index (χ0) is 7.70. The van der Waals surface area contributed by atoms with Crippen molar-refractivity contribution in [3.8, 4) is 0 Å². The van der Waals surface area contributed by atoms with E-state index in [-0.39, 0.29) is 7.43 Å². The number of rotatable bonds is 0. The lowest BCUT2D eigenvalue weighted by molar-refractivity contribution is 0.983. The molecular formula is C10H24. The van der Waals surface area contributed by atoms with E-state index in [2.05, 4.69) is 13.5 Å². The second kappa shape index (κ2) is 15.9. The van der Waals surface area contributed by atoms with Crippen LogP contribution in [0.3, 0.4) is 0 Å². The molecule has 1 saturated carbocycles. The van der Waals surface area contributed by atoms with Crippen LogP contribution in [0.5, 0.6) is 0 Å². The Kier molecular flexibility index (Phi) is 26.0. The number of allylic oxidation sites excluding steroid dienone is 1. The maximum atomic E-state index is 3.36. The van der Waals surface area contributed by atoms with Gasteiger partial charge in [0.25, 0.3) is 0 Å². The maximum absolute atomic E-state index is 3.36. The van der Waals surface area contributed by atoms with E-state index >= 15 is 0 Å². The van der Waals surface area contributed by atoms with E-state index in [0.29, 0.717) is 0 Å². The second-order valence-corrected chi connectivity index (χ2v) is 2.09. The summed E-state index contributed by atoms with van der Waals surface area (Å²) in [5.41, 5.74) is 0. The first-order valence-corrected chi connectivity index (χ1v) is 3.88. The Bertz CT molecular complexity index is 42.0. The van der Waals surface area contributed by atoms with Gasteiger partial charge in [-0.25, -0.2) is 0 Å². The summed E-state index contributed by atoms with van der Waals surface area (Å²) in [7, 11) is 0. The highest BCUT2D eigenvalue weighted by atomic mass is 14.2. The van der Waals surface area contributed by atoms with Crippen LogP contribution in [-0.2, 0) is 0 Å². The Hall–Kier alpha value is -0.260. The van der Waals surface area contributed by atoms with Gasteiger partial charge in [-0.3, -0.25) is 0 Å². The summed E-state index contributed by atoms with van der Waals surface area (Å²) in [5.74, 6) is 1.08. The van der Waals surface area contributed by atoms with Crippen molar-refractivity contribution in [3.63, 3.8) is 0 Å². The summed E-state index contributed by atoms with van der Waals surface area (Å²) in [6.07, 6.45) is 4.72. The minimum absolute atomic E-state index is 0. The Labute approximate surface area is 67.3 Å². The first kappa shape index (κ1) is 16.4. The molecule has 0 unspecified atom stereocenters. The van der Waals surface area contributed by atoms with Gasteiger partial charge >= 0.3 is 0 Å². The van der Waals surface area contributed by atoms with Gasteiger partial charge in [-0.15, -0.1) is 6.58 Å². The Morgan fingerprint density at radius 1 is 1.30 bits per heavy atom. The van der Waals surface area contributed by atoms with Crippen molar-refractivity contribution >= 4 is 0 Å². The standard InChI is InChI=1S/C4H8.C3H6.C2H6.CH4/c1-4-2-3-4;1-3-2;1-2;/h4H,2-3H2,1H3;3H,1H2,2H3;1-2H3;1H4. The molecule has 0 amide bonds. The zero-order valence-corrected chi connectivity index (χ0v) is 7.28. The van der Waals surface area contributed by atoms with Gasteiger partial charge in [0.1, 0.15) is 0 Å². The highest BCUT2D eigenvalue weighted by molar-refractivity contribution is 4.65. The molecule has 64 valence electrons. The molecule has 0 heteroatoms. The molecule has 1 rings (SSSR count). The maximum Gasteiger partial charge on any atom is -0.0443 e. The molecule has 0 atom stereocenters. The van der Waals surface area contributed by atoms with Gasteiger partial charge < -0.3 is 0 Å². The first-order valence-electron chi connectivity index (χ1n) is 3.88. The minimum Gasteiger partial charge on any atom is -0.103 e. The van der Waals surface area contributed by atoms with E-state index in [9.17, 15) is 0 Å². The fourth-order valence-electron chi connectivity index (χ4n) is 0.167. The minimum atomic E-state index is 0. The van der Waals surface area contributed by atoms with Crippen LogP contribution in [0.25, 0.3) is 0 Å². The third-order valence-electron chi connectivity index (χ3n) is 0.866. The molecule has 0 spiro atoms. The third-order valence-corrected chi connectivity index (χ3v) is 0.866. The van der Waals surface area contributed by atoms with Crippen molar-refractivity contribution in [1.29, 1.82) is 0 Å². The average Bonchev–Trinajstić information content (AvgIpc) is 2.59. The van der Waals surface area contributed by atoms with E-state index in [0.717, 1.165) is 5.92 Å². The molecule has 1 aliphatic carbocycles. The highest BCUT2D eigenvalue weighted by Gasteiger charge is 2.12. The van der Waals surface area contributed by atoms with Crippen LogP contribution in [0.2, 0.25) is 0 Å². The van der Waals surface area contributed by atoms with E-state index in [4.69, 9.17) is 0 Å². The molecule has 0 aromatic carbocycles. The fourth-order valence-corrected chi connectivity index (χ4v) is 0.167. The van der Waals surface area contributed by atoms with Crippen LogP contribution in [0.1, 0.15) is 48.0 Å². The van der Waals surface area contributed by atoms with Crippen molar-refractivity contribution in [3.05, 3.63) is 12.7 Å². The summed E-state index contributed by atoms with van der Waals surface area (Å²) in [6.45, 7) is 11.5. The fraction of sp³-hybridized carbons (Fsp3) is 0.800. The smallest absolute Gasteiger partial charge is 0.0443 e. The van der Waals surface area contributed by atoms with Gasteiger partial charge in [0.05, 0.1) is 0 Å². The van der Waals surface area contributed by atoms with Crippen molar-refractivity contribution in [2.75, 3.05) is 0 Å². The molecule has 0 aromatic heterocycles. The van der Waals surface area contributed by atoms with Crippen LogP contribution in [0, 0.1) is 5.92 Å². The Morgan fingerprint density at radius 2 is 1.40 bits per heavy atom. The lowest BCUT2D eigenvalue weighted by Gasteiger charge is -1.53. The predicted molar refractivity (Wildman–Crippen MR) is 52.3 cm³/mol. The molecule has 0 nitrogen and oxygen atoms in total. The average molecular weight is 144 g/mol. The molecule has 0 aliphatic heterocycles.